The lowest BCUT2D eigenvalue weighted by atomic mass is 10.5. The smallest absolute Gasteiger partial charge is 0.354 e. The van der Waals surface area contributed by atoms with Crippen molar-refractivity contribution < 1.29 is 15.0 Å². The van der Waals surface area contributed by atoms with Gasteiger partial charge in [-0.1, -0.05) is 0 Å². The van der Waals surface area contributed by atoms with Crippen LogP contribution in [-0.4, -0.2) is 30.6 Å². The lowest BCUT2D eigenvalue weighted by Gasteiger charge is -1.99. The summed E-state index contributed by atoms with van der Waals surface area (Å²) in [5, 5.41) is 17.9. The minimum Gasteiger partial charge on any atom is -0.492 e. The second kappa shape index (κ2) is 2.59. The fourth-order valence-electron chi connectivity index (χ4n) is 1.16. The monoisotopic (exact) mass is 194 g/mol. The molecule has 0 atom stereocenters. The topological polar surface area (TPSA) is 114 Å². The van der Waals surface area contributed by atoms with Gasteiger partial charge in [-0.05, 0) is 0 Å². The van der Waals surface area contributed by atoms with Crippen LogP contribution in [0.1, 0.15) is 10.5 Å². The number of aromatic hydroxyl groups is 1. The maximum absolute atomic E-state index is 10.7. The van der Waals surface area contributed by atoms with E-state index in [0.717, 1.165) is 12.4 Å². The third kappa shape index (κ3) is 1.03. The summed E-state index contributed by atoms with van der Waals surface area (Å²) >= 11 is 0. The molecule has 0 saturated heterocycles. The van der Waals surface area contributed by atoms with Crippen LogP contribution in [0.25, 0.3) is 5.65 Å². The molecule has 0 saturated carbocycles. The SMILES string of the molecule is Nc1nc(O)cn2c(C(=O)O)cnc12. The molecule has 4 N–H and O–H groups in total. The number of aromatic carboxylic acids is 1. The van der Waals surface area contributed by atoms with E-state index in [0.29, 0.717) is 0 Å². The first-order chi connectivity index (χ1) is 6.59. The number of imidazole rings is 1. The highest BCUT2D eigenvalue weighted by Gasteiger charge is 2.13. The van der Waals surface area contributed by atoms with Crippen molar-refractivity contribution in [2.75, 3.05) is 5.73 Å². The number of carbonyl (C=O) groups is 1. The van der Waals surface area contributed by atoms with Gasteiger partial charge in [-0.3, -0.25) is 4.40 Å². The Bertz CT molecular complexity index is 519. The molecule has 0 spiro atoms. The zero-order valence-corrected chi connectivity index (χ0v) is 6.88. The Morgan fingerprint density at radius 3 is 2.93 bits per heavy atom. The average Bonchev–Trinajstić information content (AvgIpc) is 2.47. The summed E-state index contributed by atoms with van der Waals surface area (Å²) in [6, 6.07) is 0. The Kier molecular flexibility index (Phi) is 1.53. The van der Waals surface area contributed by atoms with Gasteiger partial charge in [0.1, 0.15) is 0 Å². The molecule has 2 rings (SSSR count). The van der Waals surface area contributed by atoms with Crippen LogP contribution in [0.5, 0.6) is 5.88 Å². The molecule has 0 aliphatic rings. The summed E-state index contributed by atoms with van der Waals surface area (Å²) in [7, 11) is 0. The van der Waals surface area contributed by atoms with Crippen LogP contribution in [0.4, 0.5) is 5.82 Å². The molecule has 7 nitrogen and oxygen atoms in total. The van der Waals surface area contributed by atoms with Gasteiger partial charge in [0.2, 0.25) is 5.88 Å². The predicted molar refractivity (Wildman–Crippen MR) is 46.0 cm³/mol. The molecule has 7 heteroatoms. The summed E-state index contributed by atoms with van der Waals surface area (Å²) < 4.78 is 1.17. The first kappa shape index (κ1) is 8.30. The minimum absolute atomic E-state index is 0.0162. The van der Waals surface area contributed by atoms with E-state index in [2.05, 4.69) is 9.97 Å². The lowest BCUT2D eigenvalue weighted by molar-refractivity contribution is 0.0689. The number of carboxylic acids is 1. The number of nitrogen functional groups attached to an aromatic ring is 1. The van der Waals surface area contributed by atoms with E-state index in [4.69, 9.17) is 15.9 Å². The Balaban J connectivity index is 2.85. The van der Waals surface area contributed by atoms with E-state index < -0.39 is 5.97 Å². The highest BCUT2D eigenvalue weighted by atomic mass is 16.4. The Labute approximate surface area is 77.4 Å². The molecule has 0 fully saturated rings. The van der Waals surface area contributed by atoms with Crippen LogP contribution in [-0.2, 0) is 0 Å². The van der Waals surface area contributed by atoms with Crippen molar-refractivity contribution in [1.82, 2.24) is 14.4 Å². The largest absolute Gasteiger partial charge is 0.492 e. The number of hydrogen-bond donors (Lipinski definition) is 3. The first-order valence-corrected chi connectivity index (χ1v) is 3.65. The number of aromatic nitrogens is 3. The summed E-state index contributed by atoms with van der Waals surface area (Å²) in [5.74, 6) is -1.52. The zero-order valence-electron chi connectivity index (χ0n) is 6.88. The molecule has 0 aromatic carbocycles. The molecule has 0 unspecified atom stereocenters. The number of nitrogens with two attached hydrogens (primary N) is 1. The number of hydrogen-bond acceptors (Lipinski definition) is 5. The van der Waals surface area contributed by atoms with Gasteiger partial charge in [0.05, 0.1) is 12.4 Å². The van der Waals surface area contributed by atoms with Crippen molar-refractivity contribution in [3.8, 4) is 5.88 Å². The molecule has 0 amide bonds. The van der Waals surface area contributed by atoms with Crippen molar-refractivity contribution >= 4 is 17.4 Å². The van der Waals surface area contributed by atoms with Crippen LogP contribution >= 0.6 is 0 Å². The summed E-state index contributed by atoms with van der Waals surface area (Å²) in [6.45, 7) is 0. The number of carboxylic acid groups (broad SMARTS) is 1. The second-order valence-corrected chi connectivity index (χ2v) is 2.63. The van der Waals surface area contributed by atoms with Gasteiger partial charge in [-0.15, -0.1) is 0 Å². The van der Waals surface area contributed by atoms with E-state index in [1.165, 1.54) is 4.40 Å². The van der Waals surface area contributed by atoms with Crippen molar-refractivity contribution in [3.05, 3.63) is 18.1 Å². The van der Waals surface area contributed by atoms with Crippen LogP contribution < -0.4 is 5.73 Å². The van der Waals surface area contributed by atoms with Crippen LogP contribution in [0.2, 0.25) is 0 Å². The van der Waals surface area contributed by atoms with E-state index in [-0.39, 0.29) is 23.0 Å². The van der Waals surface area contributed by atoms with Gasteiger partial charge < -0.3 is 15.9 Å². The van der Waals surface area contributed by atoms with Gasteiger partial charge in [0, 0.05) is 0 Å². The number of anilines is 1. The number of rotatable bonds is 1. The van der Waals surface area contributed by atoms with Crippen molar-refractivity contribution in [1.29, 1.82) is 0 Å². The molecular weight excluding hydrogens is 188 g/mol. The third-order valence-electron chi connectivity index (χ3n) is 1.72. The third-order valence-corrected chi connectivity index (χ3v) is 1.72. The summed E-state index contributed by atoms with van der Waals surface area (Å²) in [4.78, 5) is 18.0. The van der Waals surface area contributed by atoms with Crippen molar-refractivity contribution in [2.24, 2.45) is 0 Å². The van der Waals surface area contributed by atoms with Gasteiger partial charge in [0.25, 0.3) is 0 Å². The molecule has 2 heterocycles. The summed E-state index contributed by atoms with van der Waals surface area (Å²) in [6.07, 6.45) is 2.29. The van der Waals surface area contributed by atoms with Gasteiger partial charge >= 0.3 is 5.97 Å². The fraction of sp³-hybridized carbons (Fsp3) is 0. The number of nitrogens with zero attached hydrogens (tertiary/aromatic N) is 3. The maximum atomic E-state index is 10.7. The Hall–Kier alpha value is -2.31. The highest BCUT2D eigenvalue weighted by Crippen LogP contribution is 2.16. The first-order valence-electron chi connectivity index (χ1n) is 3.65. The Morgan fingerprint density at radius 2 is 2.29 bits per heavy atom. The van der Waals surface area contributed by atoms with Gasteiger partial charge in [-0.2, -0.15) is 4.98 Å². The standard InChI is InChI=1S/C7H6N4O3/c8-5-6-9-1-3(7(13)14)11(6)2-4(12)10-5/h1-2,12H,(H2,8,10)(H,13,14). The molecule has 2 aromatic heterocycles. The maximum Gasteiger partial charge on any atom is 0.354 e. The highest BCUT2D eigenvalue weighted by molar-refractivity contribution is 5.87. The molecule has 2 aromatic rings. The summed E-state index contributed by atoms with van der Waals surface area (Å²) in [5.41, 5.74) is 5.55. The lowest BCUT2D eigenvalue weighted by Crippen LogP contribution is -2.03. The fourth-order valence-corrected chi connectivity index (χ4v) is 1.16. The molecular formula is C7H6N4O3. The predicted octanol–water partition coefficient (Wildman–Crippen LogP) is -0.285. The van der Waals surface area contributed by atoms with Gasteiger partial charge in [-0.25, -0.2) is 9.78 Å². The van der Waals surface area contributed by atoms with Gasteiger partial charge in [0.15, 0.2) is 17.2 Å². The molecule has 72 valence electrons. The zero-order chi connectivity index (χ0) is 10.3. The second-order valence-electron chi connectivity index (χ2n) is 2.63. The molecule has 0 aliphatic heterocycles. The Morgan fingerprint density at radius 1 is 1.57 bits per heavy atom. The molecule has 0 radical (unpaired) electrons. The molecule has 0 bridgehead atoms. The van der Waals surface area contributed by atoms with Crippen LogP contribution in [0.3, 0.4) is 0 Å². The van der Waals surface area contributed by atoms with Crippen LogP contribution in [0, 0.1) is 0 Å². The normalized spacial score (nSPS) is 10.6. The number of fused-ring (bicyclic) bond motifs is 1. The van der Waals surface area contributed by atoms with Crippen LogP contribution in [0.15, 0.2) is 12.4 Å². The van der Waals surface area contributed by atoms with Crippen molar-refractivity contribution in [3.63, 3.8) is 0 Å². The molecule has 0 aliphatic carbocycles. The minimum atomic E-state index is -1.15. The van der Waals surface area contributed by atoms with E-state index in [9.17, 15) is 4.79 Å². The van der Waals surface area contributed by atoms with E-state index in [1.807, 2.05) is 0 Å². The quantitative estimate of drug-likeness (QED) is 0.575. The van der Waals surface area contributed by atoms with E-state index in [1.54, 1.807) is 0 Å². The van der Waals surface area contributed by atoms with Crippen molar-refractivity contribution in [2.45, 2.75) is 0 Å². The molecule has 14 heavy (non-hydrogen) atoms. The average molecular weight is 194 g/mol. The van der Waals surface area contributed by atoms with E-state index >= 15 is 0 Å².